The first kappa shape index (κ1) is 17.0. The standard InChI is InChI=1S/C20H32/c1-7-9-10-12-17(11-8-2)18-14-13-16(3)19(15-18)20(4,5)6/h9-10,13-15,17H,7-8,11-12H2,1-6H3/b10-9-. The molecule has 0 aliphatic heterocycles. The minimum Gasteiger partial charge on any atom is -0.0888 e. The molecule has 1 rings (SSSR count). The van der Waals surface area contributed by atoms with Gasteiger partial charge in [-0.3, -0.25) is 0 Å². The molecule has 0 heterocycles. The smallest absolute Gasteiger partial charge is 0.0127 e. The van der Waals surface area contributed by atoms with Crippen LogP contribution in [0.15, 0.2) is 30.4 Å². The first-order chi connectivity index (χ1) is 9.40. The summed E-state index contributed by atoms with van der Waals surface area (Å²) in [6, 6.07) is 7.10. The molecular formula is C20H32. The maximum absolute atomic E-state index is 2.45. The van der Waals surface area contributed by atoms with Crippen LogP contribution < -0.4 is 0 Å². The van der Waals surface area contributed by atoms with Gasteiger partial charge in [-0.25, -0.2) is 0 Å². The maximum Gasteiger partial charge on any atom is -0.0127 e. The molecule has 1 unspecified atom stereocenters. The highest BCUT2D eigenvalue weighted by Crippen LogP contribution is 2.32. The fourth-order valence-electron chi connectivity index (χ4n) is 2.90. The van der Waals surface area contributed by atoms with Gasteiger partial charge in [0, 0.05) is 0 Å². The van der Waals surface area contributed by atoms with E-state index in [0.717, 1.165) is 6.42 Å². The van der Waals surface area contributed by atoms with E-state index in [9.17, 15) is 0 Å². The van der Waals surface area contributed by atoms with Crippen LogP contribution in [0.2, 0.25) is 0 Å². The Labute approximate surface area is 126 Å². The minimum atomic E-state index is 0.232. The van der Waals surface area contributed by atoms with Crippen LogP contribution in [-0.2, 0) is 5.41 Å². The van der Waals surface area contributed by atoms with E-state index < -0.39 is 0 Å². The van der Waals surface area contributed by atoms with Crippen molar-refractivity contribution in [3.8, 4) is 0 Å². The van der Waals surface area contributed by atoms with Gasteiger partial charge in [0.25, 0.3) is 0 Å². The molecule has 1 atom stereocenters. The molecule has 0 N–H and O–H groups in total. The molecule has 0 fully saturated rings. The van der Waals surface area contributed by atoms with Crippen molar-refractivity contribution in [2.24, 2.45) is 0 Å². The van der Waals surface area contributed by atoms with Crippen LogP contribution in [0, 0.1) is 6.92 Å². The fraction of sp³-hybridized carbons (Fsp3) is 0.600. The molecule has 1 aromatic carbocycles. The van der Waals surface area contributed by atoms with E-state index in [4.69, 9.17) is 0 Å². The normalized spacial score (nSPS) is 13.9. The van der Waals surface area contributed by atoms with Crippen LogP contribution in [0.1, 0.15) is 82.9 Å². The van der Waals surface area contributed by atoms with Crippen LogP contribution in [0.3, 0.4) is 0 Å². The van der Waals surface area contributed by atoms with Crippen LogP contribution in [-0.4, -0.2) is 0 Å². The Bertz CT molecular complexity index is 432. The minimum absolute atomic E-state index is 0.232. The summed E-state index contributed by atoms with van der Waals surface area (Å²) >= 11 is 0. The number of hydrogen-bond donors (Lipinski definition) is 0. The lowest BCUT2D eigenvalue weighted by Crippen LogP contribution is -2.14. The zero-order chi connectivity index (χ0) is 15.2. The van der Waals surface area contributed by atoms with Crippen LogP contribution in [0.5, 0.6) is 0 Å². The molecule has 0 aromatic heterocycles. The van der Waals surface area contributed by atoms with E-state index in [1.165, 1.54) is 36.0 Å². The second-order valence-electron chi connectivity index (χ2n) is 6.93. The van der Waals surface area contributed by atoms with Gasteiger partial charge in [-0.2, -0.15) is 0 Å². The van der Waals surface area contributed by atoms with E-state index in [1.807, 2.05) is 0 Å². The Balaban J connectivity index is 3.05. The summed E-state index contributed by atoms with van der Waals surface area (Å²) in [5.74, 6) is 0.671. The summed E-state index contributed by atoms with van der Waals surface area (Å²) in [6.45, 7) is 13.7. The number of aryl methyl sites for hydroxylation is 1. The van der Waals surface area contributed by atoms with Gasteiger partial charge in [0.1, 0.15) is 0 Å². The zero-order valence-corrected chi connectivity index (χ0v) is 14.3. The molecule has 0 spiro atoms. The third kappa shape index (κ3) is 4.81. The van der Waals surface area contributed by atoms with E-state index in [0.29, 0.717) is 5.92 Å². The molecule has 0 nitrogen and oxygen atoms in total. The van der Waals surface area contributed by atoms with Gasteiger partial charge in [0.05, 0.1) is 0 Å². The summed E-state index contributed by atoms with van der Waals surface area (Å²) in [4.78, 5) is 0. The highest BCUT2D eigenvalue weighted by Gasteiger charge is 2.18. The van der Waals surface area contributed by atoms with Crippen LogP contribution in [0.4, 0.5) is 0 Å². The molecular weight excluding hydrogens is 240 g/mol. The quantitative estimate of drug-likeness (QED) is 0.516. The molecule has 20 heavy (non-hydrogen) atoms. The molecule has 0 aliphatic carbocycles. The van der Waals surface area contributed by atoms with Crippen molar-refractivity contribution >= 4 is 0 Å². The van der Waals surface area contributed by atoms with Crippen molar-refractivity contribution in [3.05, 3.63) is 47.0 Å². The lowest BCUT2D eigenvalue weighted by molar-refractivity contribution is 0.577. The topological polar surface area (TPSA) is 0 Å². The van der Waals surface area contributed by atoms with Crippen molar-refractivity contribution in [1.29, 1.82) is 0 Å². The van der Waals surface area contributed by atoms with Gasteiger partial charge >= 0.3 is 0 Å². The van der Waals surface area contributed by atoms with Gasteiger partial charge in [-0.05, 0) is 54.2 Å². The summed E-state index contributed by atoms with van der Waals surface area (Å²) in [5.41, 5.74) is 4.66. The van der Waals surface area contributed by atoms with E-state index in [2.05, 4.69) is 71.9 Å². The molecule has 0 saturated heterocycles. The summed E-state index contributed by atoms with van der Waals surface area (Å²) in [5, 5.41) is 0. The van der Waals surface area contributed by atoms with Gasteiger partial charge in [-0.15, -0.1) is 0 Å². The SMILES string of the molecule is CC/C=C\CC(CCC)c1ccc(C)c(C(C)(C)C)c1. The van der Waals surface area contributed by atoms with Gasteiger partial charge < -0.3 is 0 Å². The number of benzene rings is 1. The van der Waals surface area contributed by atoms with E-state index >= 15 is 0 Å². The second kappa shape index (κ2) is 7.67. The predicted octanol–water partition coefficient (Wildman–Crippen LogP) is 6.53. The van der Waals surface area contributed by atoms with Crippen molar-refractivity contribution in [2.75, 3.05) is 0 Å². The monoisotopic (exact) mass is 272 g/mol. The molecule has 0 saturated carbocycles. The summed E-state index contributed by atoms with van der Waals surface area (Å²) < 4.78 is 0. The Kier molecular flexibility index (Phi) is 6.52. The average molecular weight is 272 g/mol. The average Bonchev–Trinajstić information content (AvgIpc) is 2.37. The van der Waals surface area contributed by atoms with Gasteiger partial charge in [-0.1, -0.05) is 71.4 Å². The van der Waals surface area contributed by atoms with Crippen molar-refractivity contribution < 1.29 is 0 Å². The maximum atomic E-state index is 2.45. The molecule has 0 heteroatoms. The Morgan fingerprint density at radius 1 is 1.10 bits per heavy atom. The summed E-state index contributed by atoms with van der Waals surface area (Å²) in [6.07, 6.45) is 9.50. The fourth-order valence-corrected chi connectivity index (χ4v) is 2.90. The molecule has 112 valence electrons. The molecule has 0 bridgehead atoms. The van der Waals surface area contributed by atoms with E-state index in [1.54, 1.807) is 0 Å². The molecule has 1 aromatic rings. The zero-order valence-electron chi connectivity index (χ0n) is 14.3. The predicted molar refractivity (Wildman–Crippen MR) is 91.6 cm³/mol. The lowest BCUT2D eigenvalue weighted by Gasteiger charge is -2.24. The van der Waals surface area contributed by atoms with Gasteiger partial charge in [0.2, 0.25) is 0 Å². The van der Waals surface area contributed by atoms with Crippen molar-refractivity contribution in [2.45, 2.75) is 78.6 Å². The molecule has 0 radical (unpaired) electrons. The third-order valence-corrected chi connectivity index (χ3v) is 4.00. The largest absolute Gasteiger partial charge is 0.0888 e. The Hall–Kier alpha value is -1.04. The van der Waals surface area contributed by atoms with Crippen molar-refractivity contribution in [3.63, 3.8) is 0 Å². The number of hydrogen-bond acceptors (Lipinski definition) is 0. The number of allylic oxidation sites excluding steroid dienone is 2. The highest BCUT2D eigenvalue weighted by atomic mass is 14.2. The van der Waals surface area contributed by atoms with Crippen LogP contribution in [0.25, 0.3) is 0 Å². The second-order valence-corrected chi connectivity index (χ2v) is 6.93. The first-order valence-corrected chi connectivity index (χ1v) is 8.16. The highest BCUT2D eigenvalue weighted by molar-refractivity contribution is 5.37. The molecule has 0 amide bonds. The summed E-state index contributed by atoms with van der Waals surface area (Å²) in [7, 11) is 0. The first-order valence-electron chi connectivity index (χ1n) is 8.16. The Morgan fingerprint density at radius 2 is 1.80 bits per heavy atom. The number of rotatable bonds is 6. The van der Waals surface area contributed by atoms with E-state index in [-0.39, 0.29) is 5.41 Å². The van der Waals surface area contributed by atoms with Crippen molar-refractivity contribution in [1.82, 2.24) is 0 Å². The lowest BCUT2D eigenvalue weighted by atomic mass is 9.80. The Morgan fingerprint density at radius 3 is 2.35 bits per heavy atom. The molecule has 0 aliphatic rings. The van der Waals surface area contributed by atoms with Crippen LogP contribution >= 0.6 is 0 Å². The van der Waals surface area contributed by atoms with Gasteiger partial charge in [0.15, 0.2) is 0 Å². The third-order valence-electron chi connectivity index (χ3n) is 4.00.